The molecule has 2 aromatic rings. The highest BCUT2D eigenvalue weighted by Crippen LogP contribution is 2.34. The van der Waals surface area contributed by atoms with E-state index >= 15 is 0 Å². The fourth-order valence-electron chi connectivity index (χ4n) is 3.91. The fraction of sp³-hybridized carbons (Fsp3) is 0.455. The average molecular weight is 382 g/mol. The van der Waals surface area contributed by atoms with Gasteiger partial charge in [0.15, 0.2) is 11.5 Å². The van der Waals surface area contributed by atoms with Gasteiger partial charge in [0.05, 0.1) is 19.3 Å². The van der Waals surface area contributed by atoms with E-state index in [0.29, 0.717) is 19.0 Å². The number of hydrogen-bond donors (Lipinski definition) is 2. The molecule has 6 nitrogen and oxygen atoms in total. The number of hydrogen-bond acceptors (Lipinski definition) is 4. The Balaban J connectivity index is 1.60. The maximum absolute atomic E-state index is 12.9. The third kappa shape index (κ3) is 3.63. The molecule has 1 amide bonds. The second-order valence-electron chi connectivity index (χ2n) is 7.82. The minimum absolute atomic E-state index is 0.141. The molecule has 1 aliphatic carbocycles. The minimum Gasteiger partial charge on any atom is -0.490 e. The molecule has 0 fully saturated rings. The number of aryl methyl sites for hydroxylation is 2. The van der Waals surface area contributed by atoms with Gasteiger partial charge in [-0.3, -0.25) is 9.59 Å². The summed E-state index contributed by atoms with van der Waals surface area (Å²) < 4.78 is 11.5. The maximum atomic E-state index is 12.9. The number of rotatable bonds is 4. The van der Waals surface area contributed by atoms with Crippen LogP contribution in [0.5, 0.6) is 11.5 Å². The van der Waals surface area contributed by atoms with Crippen LogP contribution in [-0.4, -0.2) is 24.1 Å². The second kappa shape index (κ2) is 7.70. The number of H-pyrrole nitrogens is 1. The Morgan fingerprint density at radius 3 is 2.64 bits per heavy atom. The van der Waals surface area contributed by atoms with Gasteiger partial charge in [0, 0.05) is 12.1 Å². The van der Waals surface area contributed by atoms with E-state index in [2.05, 4.69) is 10.3 Å². The average Bonchev–Trinajstić information content (AvgIpc) is 2.99. The highest BCUT2D eigenvalue weighted by atomic mass is 16.5. The smallest absolute Gasteiger partial charge is 0.261 e. The van der Waals surface area contributed by atoms with Crippen LogP contribution in [0.1, 0.15) is 59.9 Å². The molecule has 1 atom stereocenters. The number of benzene rings is 1. The van der Waals surface area contributed by atoms with E-state index in [-0.39, 0.29) is 29.0 Å². The lowest BCUT2D eigenvalue weighted by Crippen LogP contribution is -2.35. The molecule has 2 N–H and O–H groups in total. The number of fused-ring (bicyclic) bond motifs is 2. The molecule has 0 saturated carbocycles. The molecule has 0 spiro atoms. The van der Waals surface area contributed by atoms with Crippen molar-refractivity contribution in [1.82, 2.24) is 10.3 Å². The van der Waals surface area contributed by atoms with Crippen LogP contribution in [-0.2, 0) is 12.8 Å². The van der Waals surface area contributed by atoms with Gasteiger partial charge in [-0.1, -0.05) is 19.9 Å². The molecule has 28 heavy (non-hydrogen) atoms. The number of carbonyl (C=O) groups is 1. The van der Waals surface area contributed by atoms with Crippen LogP contribution in [0, 0.1) is 5.92 Å². The van der Waals surface area contributed by atoms with Crippen molar-refractivity contribution >= 4 is 5.91 Å². The first-order valence-corrected chi connectivity index (χ1v) is 9.98. The molecule has 1 aromatic carbocycles. The number of pyridine rings is 1. The Kier molecular flexibility index (Phi) is 5.11. The standard InChI is InChI=1S/C22H26N2O4/c1-13(2)20(15-7-8-18-19(12-15)28-10-4-9-27-18)24-22(26)16-11-14-5-3-6-17(14)23-21(16)25/h7-8,11-13,20H,3-6,9-10H2,1-2H3,(H,23,25)(H,24,26)/t20-/m1/s1. The Morgan fingerprint density at radius 2 is 1.86 bits per heavy atom. The molecule has 2 heterocycles. The van der Waals surface area contributed by atoms with Crippen molar-refractivity contribution < 1.29 is 14.3 Å². The molecular formula is C22H26N2O4. The normalized spacial score (nSPS) is 16.4. The summed E-state index contributed by atoms with van der Waals surface area (Å²) in [4.78, 5) is 28.2. The molecule has 1 aliphatic heterocycles. The van der Waals surface area contributed by atoms with Gasteiger partial charge in [-0.25, -0.2) is 0 Å². The van der Waals surface area contributed by atoms with Gasteiger partial charge in [0.2, 0.25) is 0 Å². The van der Waals surface area contributed by atoms with Crippen LogP contribution >= 0.6 is 0 Å². The highest BCUT2D eigenvalue weighted by molar-refractivity contribution is 5.94. The minimum atomic E-state index is -0.346. The van der Waals surface area contributed by atoms with Crippen molar-refractivity contribution in [3.8, 4) is 11.5 Å². The fourth-order valence-corrected chi connectivity index (χ4v) is 3.91. The molecular weight excluding hydrogens is 356 g/mol. The van der Waals surface area contributed by atoms with Crippen LogP contribution in [0.15, 0.2) is 29.1 Å². The molecule has 0 bridgehead atoms. The summed E-state index contributed by atoms with van der Waals surface area (Å²) in [5, 5.41) is 3.05. The number of carbonyl (C=O) groups excluding carboxylic acids is 1. The summed E-state index contributed by atoms with van der Waals surface area (Å²) in [6, 6.07) is 7.28. The number of aromatic nitrogens is 1. The van der Waals surface area contributed by atoms with Crippen molar-refractivity contribution in [3.63, 3.8) is 0 Å². The lowest BCUT2D eigenvalue weighted by Gasteiger charge is -2.24. The van der Waals surface area contributed by atoms with E-state index in [0.717, 1.165) is 48.3 Å². The molecule has 2 aliphatic rings. The zero-order valence-corrected chi connectivity index (χ0v) is 16.3. The van der Waals surface area contributed by atoms with E-state index in [1.807, 2.05) is 32.0 Å². The number of nitrogens with one attached hydrogen (secondary N) is 2. The van der Waals surface area contributed by atoms with Crippen LogP contribution in [0.2, 0.25) is 0 Å². The first kappa shape index (κ1) is 18.6. The Bertz CT molecular complexity index is 948. The van der Waals surface area contributed by atoms with Crippen LogP contribution in [0.4, 0.5) is 0 Å². The zero-order valence-electron chi connectivity index (χ0n) is 16.3. The maximum Gasteiger partial charge on any atom is 0.261 e. The first-order valence-electron chi connectivity index (χ1n) is 9.98. The molecule has 0 radical (unpaired) electrons. The van der Waals surface area contributed by atoms with E-state index in [1.54, 1.807) is 6.07 Å². The lowest BCUT2D eigenvalue weighted by molar-refractivity contribution is 0.0924. The SMILES string of the molecule is CC(C)[C@@H](NC(=O)c1cc2c([nH]c1=O)CCC2)c1ccc2c(c1)OCCCO2. The molecule has 0 saturated heterocycles. The van der Waals surface area contributed by atoms with Gasteiger partial charge in [-0.15, -0.1) is 0 Å². The van der Waals surface area contributed by atoms with E-state index < -0.39 is 0 Å². The molecule has 6 heteroatoms. The van der Waals surface area contributed by atoms with Crippen molar-refractivity contribution in [2.45, 2.75) is 45.6 Å². The van der Waals surface area contributed by atoms with Crippen molar-refractivity contribution in [1.29, 1.82) is 0 Å². The van der Waals surface area contributed by atoms with E-state index in [1.165, 1.54) is 0 Å². The number of aromatic amines is 1. The third-order valence-corrected chi connectivity index (χ3v) is 5.42. The highest BCUT2D eigenvalue weighted by Gasteiger charge is 2.24. The van der Waals surface area contributed by atoms with Gasteiger partial charge in [0.1, 0.15) is 5.56 Å². The van der Waals surface area contributed by atoms with Crippen molar-refractivity contribution in [3.05, 3.63) is 57.0 Å². The third-order valence-electron chi connectivity index (χ3n) is 5.42. The van der Waals surface area contributed by atoms with E-state index in [4.69, 9.17) is 9.47 Å². The Hall–Kier alpha value is -2.76. The monoisotopic (exact) mass is 382 g/mol. The topological polar surface area (TPSA) is 80.4 Å². The quantitative estimate of drug-likeness (QED) is 0.851. The Labute approximate surface area is 164 Å². The number of amides is 1. The zero-order chi connectivity index (χ0) is 19.7. The summed E-state index contributed by atoms with van der Waals surface area (Å²) in [5.41, 5.74) is 2.83. The summed E-state index contributed by atoms with van der Waals surface area (Å²) in [6.45, 7) is 5.33. The molecule has 0 unspecified atom stereocenters. The van der Waals surface area contributed by atoms with Gasteiger partial charge in [-0.05, 0) is 54.5 Å². The molecule has 1 aromatic heterocycles. The van der Waals surface area contributed by atoms with Gasteiger partial charge >= 0.3 is 0 Å². The van der Waals surface area contributed by atoms with Gasteiger partial charge in [0.25, 0.3) is 11.5 Å². The summed E-state index contributed by atoms with van der Waals surface area (Å²) in [5.74, 6) is 1.22. The summed E-state index contributed by atoms with van der Waals surface area (Å²) in [7, 11) is 0. The number of ether oxygens (including phenoxy) is 2. The van der Waals surface area contributed by atoms with Crippen LogP contribution in [0.3, 0.4) is 0 Å². The van der Waals surface area contributed by atoms with Crippen molar-refractivity contribution in [2.75, 3.05) is 13.2 Å². The predicted octanol–water partition coefficient (Wildman–Crippen LogP) is 3.15. The van der Waals surface area contributed by atoms with Crippen molar-refractivity contribution in [2.24, 2.45) is 5.92 Å². The molecule has 4 rings (SSSR count). The summed E-state index contributed by atoms with van der Waals surface area (Å²) >= 11 is 0. The van der Waals surface area contributed by atoms with Crippen LogP contribution in [0.25, 0.3) is 0 Å². The Morgan fingerprint density at radius 1 is 1.07 bits per heavy atom. The van der Waals surface area contributed by atoms with Gasteiger partial charge in [-0.2, -0.15) is 0 Å². The second-order valence-corrected chi connectivity index (χ2v) is 7.82. The van der Waals surface area contributed by atoms with E-state index in [9.17, 15) is 9.59 Å². The van der Waals surface area contributed by atoms with Crippen LogP contribution < -0.4 is 20.3 Å². The van der Waals surface area contributed by atoms with Gasteiger partial charge < -0.3 is 19.8 Å². The lowest BCUT2D eigenvalue weighted by atomic mass is 9.95. The predicted molar refractivity (Wildman–Crippen MR) is 106 cm³/mol. The molecule has 148 valence electrons. The first-order chi connectivity index (χ1) is 13.5. The largest absolute Gasteiger partial charge is 0.490 e. The summed E-state index contributed by atoms with van der Waals surface area (Å²) in [6.07, 6.45) is 3.64.